The largest absolute Gasteiger partial charge is 0.468 e. The van der Waals surface area contributed by atoms with Crippen LogP contribution in [0.25, 0.3) is 0 Å². The summed E-state index contributed by atoms with van der Waals surface area (Å²) in [5.74, 6) is -0.145. The molecule has 1 atom stereocenters. The van der Waals surface area contributed by atoms with E-state index in [0.717, 1.165) is 0 Å². The molecule has 8 nitrogen and oxygen atoms in total. The van der Waals surface area contributed by atoms with Gasteiger partial charge in [0.15, 0.2) is 0 Å². The molecule has 112 valence electrons. The Kier molecular flexibility index (Phi) is 6.43. The Morgan fingerprint density at radius 2 is 2.10 bits per heavy atom. The number of tetrazole rings is 1. The second-order valence-electron chi connectivity index (χ2n) is 4.59. The van der Waals surface area contributed by atoms with E-state index in [1.165, 1.54) is 23.6 Å². The highest BCUT2D eigenvalue weighted by Gasteiger charge is 2.19. The van der Waals surface area contributed by atoms with E-state index in [-0.39, 0.29) is 17.7 Å². The van der Waals surface area contributed by atoms with Gasteiger partial charge in [-0.1, -0.05) is 25.6 Å². The van der Waals surface area contributed by atoms with E-state index in [0.29, 0.717) is 17.6 Å². The van der Waals surface area contributed by atoms with E-state index in [1.54, 1.807) is 6.92 Å². The maximum atomic E-state index is 11.9. The number of thioether (sulfide) groups is 1. The highest BCUT2D eigenvalue weighted by molar-refractivity contribution is 8.00. The zero-order valence-electron chi connectivity index (χ0n) is 12.0. The van der Waals surface area contributed by atoms with Crippen LogP contribution < -0.4 is 5.32 Å². The van der Waals surface area contributed by atoms with Gasteiger partial charge < -0.3 is 10.1 Å². The summed E-state index contributed by atoms with van der Waals surface area (Å²) in [4.78, 5) is 23.1. The maximum Gasteiger partial charge on any atom is 0.327 e. The topological polar surface area (TPSA) is 99.0 Å². The first-order valence-corrected chi connectivity index (χ1v) is 7.09. The van der Waals surface area contributed by atoms with Crippen molar-refractivity contribution in [1.29, 1.82) is 0 Å². The van der Waals surface area contributed by atoms with Crippen molar-refractivity contribution in [3.05, 3.63) is 0 Å². The van der Waals surface area contributed by atoms with Crippen LogP contribution in [0, 0.1) is 5.92 Å². The van der Waals surface area contributed by atoms with Crippen molar-refractivity contribution in [2.24, 2.45) is 5.92 Å². The molecule has 0 aliphatic heterocycles. The number of nitrogens with zero attached hydrogens (tertiary/aromatic N) is 4. The van der Waals surface area contributed by atoms with Gasteiger partial charge in [-0.05, 0) is 23.3 Å². The van der Waals surface area contributed by atoms with Crippen molar-refractivity contribution < 1.29 is 14.3 Å². The highest BCUT2D eigenvalue weighted by atomic mass is 32.2. The Morgan fingerprint density at radius 1 is 1.40 bits per heavy atom. The molecule has 0 saturated heterocycles. The van der Waals surface area contributed by atoms with Crippen molar-refractivity contribution in [3.8, 4) is 0 Å². The third-order valence-electron chi connectivity index (χ3n) is 2.34. The normalized spacial score (nSPS) is 12.2. The lowest BCUT2D eigenvalue weighted by Crippen LogP contribution is -2.33. The zero-order chi connectivity index (χ0) is 15.1. The van der Waals surface area contributed by atoms with Crippen LogP contribution in [0.4, 0.5) is 0 Å². The minimum absolute atomic E-state index is 0.0772. The first-order valence-electron chi connectivity index (χ1n) is 6.21. The van der Waals surface area contributed by atoms with Gasteiger partial charge in [-0.15, -0.1) is 5.10 Å². The summed E-state index contributed by atoms with van der Waals surface area (Å²) in [6.45, 7) is 6.35. The molecule has 9 heteroatoms. The minimum Gasteiger partial charge on any atom is -0.468 e. The number of methoxy groups -OCH3 is 1. The first kappa shape index (κ1) is 16.4. The third kappa shape index (κ3) is 5.16. The quantitative estimate of drug-likeness (QED) is 0.563. The lowest BCUT2D eigenvalue weighted by molar-refractivity contribution is -0.141. The predicted molar refractivity (Wildman–Crippen MR) is 73.0 cm³/mol. The van der Waals surface area contributed by atoms with Gasteiger partial charge in [0.1, 0.15) is 6.54 Å². The summed E-state index contributed by atoms with van der Waals surface area (Å²) in [6, 6.07) is 0. The third-order valence-corrected chi connectivity index (χ3v) is 3.41. The maximum absolute atomic E-state index is 11.9. The molecule has 0 saturated carbocycles. The number of rotatable bonds is 7. The Labute approximate surface area is 121 Å². The van der Waals surface area contributed by atoms with Gasteiger partial charge >= 0.3 is 5.97 Å². The van der Waals surface area contributed by atoms with E-state index in [1.807, 2.05) is 13.8 Å². The lowest BCUT2D eigenvalue weighted by atomic mass is 10.2. The number of nitrogens with one attached hydrogen (secondary N) is 1. The summed E-state index contributed by atoms with van der Waals surface area (Å²) in [5.41, 5.74) is 0. The van der Waals surface area contributed by atoms with Crippen LogP contribution in [-0.4, -0.2) is 51.0 Å². The molecule has 1 unspecified atom stereocenters. The Hall–Kier alpha value is -1.64. The molecular formula is C11H19N5O3S. The molecule has 0 bridgehead atoms. The van der Waals surface area contributed by atoms with Crippen LogP contribution in [0.2, 0.25) is 0 Å². The molecule has 0 fully saturated rings. The Morgan fingerprint density at radius 3 is 2.70 bits per heavy atom. The lowest BCUT2D eigenvalue weighted by Gasteiger charge is -2.12. The van der Waals surface area contributed by atoms with Crippen molar-refractivity contribution in [2.45, 2.75) is 37.7 Å². The summed E-state index contributed by atoms with van der Waals surface area (Å²) >= 11 is 1.20. The molecular weight excluding hydrogens is 282 g/mol. The number of aromatic nitrogens is 4. The Bertz CT molecular complexity index is 463. The van der Waals surface area contributed by atoms with Crippen LogP contribution in [-0.2, 0) is 20.9 Å². The average Bonchev–Trinajstić information content (AvgIpc) is 2.82. The summed E-state index contributed by atoms with van der Waals surface area (Å²) in [6.07, 6.45) is 0. The second kappa shape index (κ2) is 7.83. The smallest absolute Gasteiger partial charge is 0.327 e. The zero-order valence-corrected chi connectivity index (χ0v) is 12.8. The molecule has 0 aliphatic rings. The van der Waals surface area contributed by atoms with E-state index in [4.69, 9.17) is 0 Å². The molecule has 1 heterocycles. The van der Waals surface area contributed by atoms with Crippen molar-refractivity contribution >= 4 is 23.6 Å². The fraction of sp³-hybridized carbons (Fsp3) is 0.727. The Balaban J connectivity index is 2.57. The van der Waals surface area contributed by atoms with Gasteiger partial charge in [0.25, 0.3) is 0 Å². The summed E-state index contributed by atoms with van der Waals surface area (Å²) < 4.78 is 5.86. The molecule has 1 N–H and O–H groups in total. The average molecular weight is 301 g/mol. The molecule has 1 aromatic heterocycles. The molecule has 0 aliphatic carbocycles. The van der Waals surface area contributed by atoms with Gasteiger partial charge in [0.05, 0.1) is 12.4 Å². The highest BCUT2D eigenvalue weighted by Crippen LogP contribution is 2.20. The van der Waals surface area contributed by atoms with E-state index >= 15 is 0 Å². The van der Waals surface area contributed by atoms with Crippen molar-refractivity contribution in [3.63, 3.8) is 0 Å². The van der Waals surface area contributed by atoms with Crippen LogP contribution in [0.5, 0.6) is 0 Å². The number of ether oxygens (including phenoxy) is 1. The number of carbonyl (C=O) groups is 2. The molecule has 1 amide bonds. The monoisotopic (exact) mass is 301 g/mol. The summed E-state index contributed by atoms with van der Waals surface area (Å²) in [5, 5.41) is 13.9. The molecule has 0 aromatic carbocycles. The van der Waals surface area contributed by atoms with Crippen LogP contribution in [0.3, 0.4) is 0 Å². The standard InChI is InChI=1S/C11H19N5O3S/c1-7(2)5-12-10(18)8(3)20-11-13-14-15-16(11)6-9(17)19-4/h7-8H,5-6H2,1-4H3,(H,12,18). The first-order chi connectivity index (χ1) is 9.43. The summed E-state index contributed by atoms with van der Waals surface area (Å²) in [7, 11) is 1.29. The fourth-order valence-corrected chi connectivity index (χ4v) is 2.04. The molecule has 20 heavy (non-hydrogen) atoms. The van der Waals surface area contributed by atoms with Crippen molar-refractivity contribution in [2.75, 3.05) is 13.7 Å². The minimum atomic E-state index is -0.448. The molecule has 1 rings (SSSR count). The van der Waals surface area contributed by atoms with Crippen LogP contribution >= 0.6 is 11.8 Å². The number of amides is 1. The van der Waals surface area contributed by atoms with Gasteiger partial charge in [-0.25, -0.2) is 4.68 Å². The van der Waals surface area contributed by atoms with Gasteiger partial charge in [0, 0.05) is 6.54 Å². The van der Waals surface area contributed by atoms with E-state index in [9.17, 15) is 9.59 Å². The second-order valence-corrected chi connectivity index (χ2v) is 5.90. The van der Waals surface area contributed by atoms with Gasteiger partial charge in [-0.3, -0.25) is 9.59 Å². The van der Waals surface area contributed by atoms with Crippen LogP contribution in [0.1, 0.15) is 20.8 Å². The molecule has 0 spiro atoms. The van der Waals surface area contributed by atoms with E-state index in [2.05, 4.69) is 25.6 Å². The molecule has 1 aromatic rings. The molecule has 0 radical (unpaired) electrons. The van der Waals surface area contributed by atoms with Crippen molar-refractivity contribution in [1.82, 2.24) is 25.5 Å². The van der Waals surface area contributed by atoms with Gasteiger partial charge in [0.2, 0.25) is 11.1 Å². The SMILES string of the molecule is COC(=O)Cn1nnnc1SC(C)C(=O)NCC(C)C. The van der Waals surface area contributed by atoms with Crippen LogP contribution in [0.15, 0.2) is 5.16 Å². The number of hydrogen-bond donors (Lipinski definition) is 1. The number of esters is 1. The van der Waals surface area contributed by atoms with Gasteiger partial charge in [-0.2, -0.15) is 0 Å². The predicted octanol–water partition coefficient (Wildman–Crippen LogP) is 0.0989. The fourth-order valence-electron chi connectivity index (χ4n) is 1.23. The number of hydrogen-bond acceptors (Lipinski definition) is 7. The van der Waals surface area contributed by atoms with E-state index < -0.39 is 5.97 Å². The number of carbonyl (C=O) groups excluding carboxylic acids is 2.